The summed E-state index contributed by atoms with van der Waals surface area (Å²) in [6.45, 7) is -0.0157. The Morgan fingerprint density at radius 3 is 2.78 bits per heavy atom. The van der Waals surface area contributed by atoms with Crippen molar-refractivity contribution in [2.75, 3.05) is 0 Å². The lowest BCUT2D eigenvalue weighted by molar-refractivity contribution is 0.0691. The highest BCUT2D eigenvalue weighted by Crippen LogP contribution is 2.16. The van der Waals surface area contributed by atoms with Crippen molar-refractivity contribution in [1.82, 2.24) is 9.71 Å². The predicted molar refractivity (Wildman–Crippen MR) is 67.4 cm³/mol. The first-order valence-electron chi connectivity index (χ1n) is 4.70. The number of hydrogen-bond donors (Lipinski definition) is 2. The van der Waals surface area contributed by atoms with Gasteiger partial charge < -0.3 is 5.11 Å². The molecule has 0 bridgehead atoms. The van der Waals surface area contributed by atoms with Crippen molar-refractivity contribution < 1.29 is 18.3 Å². The maximum absolute atomic E-state index is 11.8. The number of carbonyl (C=O) groups is 1. The van der Waals surface area contributed by atoms with E-state index >= 15 is 0 Å². The number of thiophene rings is 1. The van der Waals surface area contributed by atoms with Crippen LogP contribution in [-0.4, -0.2) is 24.5 Å². The van der Waals surface area contributed by atoms with Crippen molar-refractivity contribution in [2.24, 2.45) is 0 Å². The molecule has 2 heterocycles. The van der Waals surface area contributed by atoms with Crippen LogP contribution >= 0.6 is 22.7 Å². The van der Waals surface area contributed by atoms with Crippen LogP contribution in [0.25, 0.3) is 0 Å². The molecule has 2 aromatic heterocycles. The van der Waals surface area contributed by atoms with Gasteiger partial charge in [-0.05, 0) is 11.4 Å². The van der Waals surface area contributed by atoms with Gasteiger partial charge in [0.1, 0.15) is 9.22 Å². The molecule has 96 valence electrons. The van der Waals surface area contributed by atoms with Crippen LogP contribution in [0.3, 0.4) is 0 Å². The number of nitrogens with one attached hydrogen (secondary N) is 1. The molecule has 0 amide bonds. The third kappa shape index (κ3) is 2.93. The first kappa shape index (κ1) is 13.1. The number of aromatic nitrogens is 1. The fraction of sp³-hybridized carbons (Fsp3) is 0.111. The number of nitrogens with zero attached hydrogens (tertiary/aromatic N) is 1. The van der Waals surface area contributed by atoms with Crippen LogP contribution in [0, 0.1) is 0 Å². The molecule has 0 fully saturated rings. The number of thiazole rings is 1. The van der Waals surface area contributed by atoms with Gasteiger partial charge in [-0.2, -0.15) is 0 Å². The molecule has 0 saturated heterocycles. The minimum absolute atomic E-state index is 0.0157. The number of hydrogen-bond acceptors (Lipinski definition) is 6. The van der Waals surface area contributed by atoms with Gasteiger partial charge in [0, 0.05) is 5.38 Å². The number of sulfonamides is 1. The molecule has 9 heteroatoms. The Kier molecular flexibility index (Phi) is 3.76. The summed E-state index contributed by atoms with van der Waals surface area (Å²) in [6.07, 6.45) is 0. The highest BCUT2D eigenvalue weighted by molar-refractivity contribution is 7.91. The van der Waals surface area contributed by atoms with Crippen molar-refractivity contribution in [3.63, 3.8) is 0 Å². The molecule has 0 aromatic carbocycles. The molecule has 2 aromatic rings. The number of carboxylic acids is 1. The summed E-state index contributed by atoms with van der Waals surface area (Å²) in [5.41, 5.74) is -0.0784. The molecule has 0 aliphatic rings. The average molecular weight is 304 g/mol. The Morgan fingerprint density at radius 1 is 1.44 bits per heavy atom. The smallest absolute Gasteiger partial charge is 0.355 e. The third-order valence-corrected chi connectivity index (χ3v) is 5.59. The lowest BCUT2D eigenvalue weighted by Crippen LogP contribution is -2.22. The summed E-state index contributed by atoms with van der Waals surface area (Å²) >= 11 is 2.21. The van der Waals surface area contributed by atoms with Crippen LogP contribution in [0.15, 0.2) is 27.1 Å². The SMILES string of the molecule is O=C(O)c1csc(CNS(=O)(=O)c2cccs2)n1. The molecule has 0 saturated carbocycles. The van der Waals surface area contributed by atoms with Gasteiger partial charge in [-0.1, -0.05) is 6.07 Å². The van der Waals surface area contributed by atoms with E-state index in [1.165, 1.54) is 11.4 Å². The van der Waals surface area contributed by atoms with E-state index in [4.69, 9.17) is 5.11 Å². The molecule has 0 spiro atoms. The standard InChI is InChI=1S/C9H8N2O4S3/c12-9(13)6-5-17-7(11-6)4-10-18(14,15)8-2-1-3-16-8/h1-3,5,10H,4H2,(H,12,13). The lowest BCUT2D eigenvalue weighted by Gasteiger charge is -2.01. The molecule has 0 aliphatic heterocycles. The Morgan fingerprint density at radius 2 is 2.22 bits per heavy atom. The minimum atomic E-state index is -3.54. The molecule has 0 atom stereocenters. The summed E-state index contributed by atoms with van der Waals surface area (Å²) in [5, 5.41) is 12.1. The molecular weight excluding hydrogens is 296 g/mol. The van der Waals surface area contributed by atoms with Crippen LogP contribution in [0.4, 0.5) is 0 Å². The van der Waals surface area contributed by atoms with Crippen LogP contribution < -0.4 is 4.72 Å². The fourth-order valence-electron chi connectivity index (χ4n) is 1.13. The average Bonchev–Trinajstić information content (AvgIpc) is 2.98. The first-order chi connectivity index (χ1) is 8.49. The largest absolute Gasteiger partial charge is 0.476 e. The summed E-state index contributed by atoms with van der Waals surface area (Å²) in [5.74, 6) is -1.13. The van der Waals surface area contributed by atoms with Crippen LogP contribution in [0.1, 0.15) is 15.5 Å². The van der Waals surface area contributed by atoms with Crippen molar-refractivity contribution >= 4 is 38.7 Å². The van der Waals surface area contributed by atoms with Gasteiger partial charge in [-0.3, -0.25) is 0 Å². The lowest BCUT2D eigenvalue weighted by atomic mass is 10.5. The zero-order valence-electron chi connectivity index (χ0n) is 8.86. The van der Waals surface area contributed by atoms with E-state index in [-0.39, 0.29) is 16.4 Å². The van der Waals surface area contributed by atoms with E-state index in [2.05, 4.69) is 9.71 Å². The van der Waals surface area contributed by atoms with Gasteiger partial charge in [-0.15, -0.1) is 22.7 Å². The molecule has 2 N–H and O–H groups in total. The Bertz CT molecular complexity index is 645. The first-order valence-corrected chi connectivity index (χ1v) is 7.94. The zero-order chi connectivity index (χ0) is 13.2. The molecule has 6 nitrogen and oxygen atoms in total. The highest BCUT2D eigenvalue weighted by Gasteiger charge is 2.16. The fourth-order valence-corrected chi connectivity index (χ4v) is 3.96. The van der Waals surface area contributed by atoms with Gasteiger partial charge >= 0.3 is 5.97 Å². The normalized spacial score (nSPS) is 11.6. The second-order valence-electron chi connectivity index (χ2n) is 3.19. The highest BCUT2D eigenvalue weighted by atomic mass is 32.2. The summed E-state index contributed by atoms with van der Waals surface area (Å²) in [6, 6.07) is 3.14. The quantitative estimate of drug-likeness (QED) is 0.870. The summed E-state index contributed by atoms with van der Waals surface area (Å²) in [4.78, 5) is 14.4. The van der Waals surface area contributed by atoms with E-state index in [9.17, 15) is 13.2 Å². The zero-order valence-corrected chi connectivity index (χ0v) is 11.3. The summed E-state index contributed by atoms with van der Waals surface area (Å²) < 4.78 is 26.1. The van der Waals surface area contributed by atoms with Crippen LogP contribution in [-0.2, 0) is 16.6 Å². The summed E-state index contributed by atoms with van der Waals surface area (Å²) in [7, 11) is -3.54. The molecule has 18 heavy (non-hydrogen) atoms. The van der Waals surface area contributed by atoms with Crippen molar-refractivity contribution in [2.45, 2.75) is 10.8 Å². The van der Waals surface area contributed by atoms with E-state index < -0.39 is 16.0 Å². The maximum Gasteiger partial charge on any atom is 0.355 e. The number of rotatable bonds is 5. The van der Waals surface area contributed by atoms with E-state index in [1.807, 2.05) is 0 Å². The van der Waals surface area contributed by atoms with Crippen LogP contribution in [0.2, 0.25) is 0 Å². The monoisotopic (exact) mass is 304 g/mol. The van der Waals surface area contributed by atoms with Gasteiger partial charge in [0.25, 0.3) is 0 Å². The van der Waals surface area contributed by atoms with E-state index in [0.29, 0.717) is 5.01 Å². The van der Waals surface area contributed by atoms with Crippen LogP contribution in [0.5, 0.6) is 0 Å². The van der Waals surface area contributed by atoms with Crippen molar-refractivity contribution in [3.05, 3.63) is 33.6 Å². The van der Waals surface area contributed by atoms with Gasteiger partial charge in [-0.25, -0.2) is 22.9 Å². The van der Waals surface area contributed by atoms with E-state index in [0.717, 1.165) is 22.7 Å². The Balaban J connectivity index is 2.05. The Hall–Kier alpha value is -1.29. The van der Waals surface area contributed by atoms with Gasteiger partial charge in [0.15, 0.2) is 5.69 Å². The third-order valence-electron chi connectivity index (χ3n) is 1.94. The molecular formula is C9H8N2O4S3. The van der Waals surface area contributed by atoms with E-state index in [1.54, 1.807) is 11.4 Å². The minimum Gasteiger partial charge on any atom is -0.476 e. The second kappa shape index (κ2) is 5.14. The Labute approximate surface area is 111 Å². The molecule has 0 unspecified atom stereocenters. The van der Waals surface area contributed by atoms with Gasteiger partial charge in [0.2, 0.25) is 10.0 Å². The second-order valence-corrected chi connectivity index (χ2v) is 7.07. The molecule has 2 rings (SSSR count). The topological polar surface area (TPSA) is 96.4 Å². The van der Waals surface area contributed by atoms with Crippen molar-refractivity contribution in [1.29, 1.82) is 0 Å². The maximum atomic E-state index is 11.8. The molecule has 0 aliphatic carbocycles. The predicted octanol–water partition coefficient (Wildman–Crippen LogP) is 1.38. The number of aromatic carboxylic acids is 1. The molecule has 0 radical (unpaired) electrons. The number of carboxylic acid groups (broad SMARTS) is 1. The van der Waals surface area contributed by atoms with Crippen molar-refractivity contribution in [3.8, 4) is 0 Å². The van der Waals surface area contributed by atoms with Gasteiger partial charge in [0.05, 0.1) is 6.54 Å².